The molecule has 134 valence electrons. The lowest BCUT2D eigenvalue weighted by Gasteiger charge is -2.14. The number of nitrogens with one attached hydrogen (secondary N) is 1. The van der Waals surface area contributed by atoms with Crippen molar-refractivity contribution >= 4 is 39.1 Å². The lowest BCUT2D eigenvalue weighted by atomic mass is 9.97. The molecule has 0 saturated carbocycles. The average molecular weight is 388 g/mol. The maximum atomic E-state index is 13.2. The number of aromatic nitrogens is 2. The molecule has 2 heterocycles. The second-order valence-electron chi connectivity index (χ2n) is 6.33. The summed E-state index contributed by atoms with van der Waals surface area (Å²) in [6.45, 7) is 1.92. The third-order valence-corrected chi connectivity index (χ3v) is 6.22. The van der Waals surface area contributed by atoms with Gasteiger partial charge >= 0.3 is 0 Å². The van der Waals surface area contributed by atoms with Gasteiger partial charge in [0.15, 0.2) is 0 Å². The van der Waals surface area contributed by atoms with Crippen molar-refractivity contribution in [2.75, 3.05) is 5.43 Å². The Morgan fingerprint density at radius 2 is 2.08 bits per heavy atom. The van der Waals surface area contributed by atoms with Crippen LogP contribution in [0, 0.1) is 0 Å². The summed E-state index contributed by atoms with van der Waals surface area (Å²) in [4.78, 5) is 32.5. The van der Waals surface area contributed by atoms with Crippen molar-refractivity contribution in [2.24, 2.45) is 0 Å². The molecule has 4 rings (SSSR count). The highest BCUT2D eigenvalue weighted by Crippen LogP contribution is 2.33. The van der Waals surface area contributed by atoms with Crippen LogP contribution in [0.25, 0.3) is 10.2 Å². The summed E-state index contributed by atoms with van der Waals surface area (Å²) in [5.74, 6) is 0.124. The molecule has 7 heteroatoms. The zero-order chi connectivity index (χ0) is 18.3. The van der Waals surface area contributed by atoms with Crippen LogP contribution in [-0.4, -0.2) is 15.6 Å². The molecule has 2 aromatic heterocycles. The molecule has 1 N–H and O–H groups in total. The predicted molar refractivity (Wildman–Crippen MR) is 105 cm³/mol. The van der Waals surface area contributed by atoms with Crippen LogP contribution in [0.3, 0.4) is 0 Å². The van der Waals surface area contributed by atoms with Gasteiger partial charge in [-0.15, -0.1) is 11.3 Å². The fourth-order valence-electron chi connectivity index (χ4n) is 3.41. The van der Waals surface area contributed by atoms with Crippen LogP contribution >= 0.6 is 22.9 Å². The van der Waals surface area contributed by atoms with Gasteiger partial charge in [-0.25, -0.2) is 9.66 Å². The smallest absolute Gasteiger partial charge is 0.267 e. The Morgan fingerprint density at radius 1 is 1.31 bits per heavy atom. The predicted octanol–water partition coefficient (Wildman–Crippen LogP) is 3.94. The van der Waals surface area contributed by atoms with Gasteiger partial charge in [-0.2, -0.15) is 0 Å². The lowest BCUT2D eigenvalue weighted by Crippen LogP contribution is -2.36. The van der Waals surface area contributed by atoms with Crippen LogP contribution < -0.4 is 11.0 Å². The topological polar surface area (TPSA) is 64.0 Å². The van der Waals surface area contributed by atoms with E-state index in [9.17, 15) is 9.59 Å². The van der Waals surface area contributed by atoms with E-state index in [1.54, 1.807) is 35.6 Å². The number of carbonyl (C=O) groups is 1. The minimum absolute atomic E-state index is 0.202. The number of amides is 1. The largest absolute Gasteiger partial charge is 0.281 e. The Kier molecular flexibility index (Phi) is 4.54. The number of rotatable bonds is 3. The number of hydrogen-bond donors (Lipinski definition) is 1. The SMILES string of the molecule is CCc1nc2sc3c(c2c(=O)n1NC(=O)c1ccccc1Cl)CCCC3. The molecule has 1 aliphatic rings. The van der Waals surface area contributed by atoms with E-state index in [1.165, 1.54) is 9.55 Å². The maximum Gasteiger partial charge on any atom is 0.281 e. The van der Waals surface area contributed by atoms with E-state index < -0.39 is 5.91 Å². The third kappa shape index (κ3) is 2.83. The molecule has 1 aromatic carbocycles. The molecule has 0 saturated heterocycles. The van der Waals surface area contributed by atoms with Crippen molar-refractivity contribution in [3.63, 3.8) is 0 Å². The van der Waals surface area contributed by atoms with Crippen LogP contribution in [0.2, 0.25) is 5.02 Å². The fraction of sp³-hybridized carbons (Fsp3) is 0.316. The van der Waals surface area contributed by atoms with E-state index in [4.69, 9.17) is 11.6 Å². The van der Waals surface area contributed by atoms with Crippen LogP contribution in [0.5, 0.6) is 0 Å². The van der Waals surface area contributed by atoms with Gasteiger partial charge in [0.1, 0.15) is 10.7 Å². The molecule has 0 bridgehead atoms. The first-order valence-corrected chi connectivity index (χ1v) is 9.91. The molecule has 0 radical (unpaired) electrons. The molecular weight excluding hydrogens is 370 g/mol. The second-order valence-corrected chi connectivity index (χ2v) is 7.82. The van der Waals surface area contributed by atoms with Crippen molar-refractivity contribution in [3.8, 4) is 0 Å². The van der Waals surface area contributed by atoms with E-state index >= 15 is 0 Å². The van der Waals surface area contributed by atoms with Gasteiger partial charge in [-0.05, 0) is 43.4 Å². The zero-order valence-corrected chi connectivity index (χ0v) is 15.9. The van der Waals surface area contributed by atoms with Crippen molar-refractivity contribution in [1.82, 2.24) is 9.66 Å². The first kappa shape index (κ1) is 17.2. The van der Waals surface area contributed by atoms with E-state index in [0.717, 1.165) is 36.1 Å². The first-order chi connectivity index (χ1) is 12.6. The number of hydrogen-bond acceptors (Lipinski definition) is 4. The van der Waals surface area contributed by atoms with Crippen molar-refractivity contribution in [1.29, 1.82) is 0 Å². The summed E-state index contributed by atoms with van der Waals surface area (Å²) in [6, 6.07) is 6.78. The first-order valence-electron chi connectivity index (χ1n) is 8.72. The van der Waals surface area contributed by atoms with Gasteiger partial charge in [0, 0.05) is 11.3 Å². The Hall–Kier alpha value is -2.18. The minimum atomic E-state index is -0.419. The van der Waals surface area contributed by atoms with Crippen LogP contribution in [-0.2, 0) is 19.3 Å². The molecule has 0 unspecified atom stereocenters. The third-order valence-electron chi connectivity index (χ3n) is 4.71. The number of fused-ring (bicyclic) bond motifs is 3. The minimum Gasteiger partial charge on any atom is -0.267 e. The quantitative estimate of drug-likeness (QED) is 0.740. The lowest BCUT2D eigenvalue weighted by molar-refractivity contribution is 0.101. The molecule has 0 aliphatic heterocycles. The van der Waals surface area contributed by atoms with Crippen molar-refractivity contribution < 1.29 is 4.79 Å². The highest BCUT2D eigenvalue weighted by atomic mass is 35.5. The van der Waals surface area contributed by atoms with E-state index in [1.807, 2.05) is 6.92 Å². The van der Waals surface area contributed by atoms with Gasteiger partial charge in [-0.3, -0.25) is 15.0 Å². The Bertz CT molecular complexity index is 1070. The molecule has 26 heavy (non-hydrogen) atoms. The van der Waals surface area contributed by atoms with Crippen LogP contribution in [0.4, 0.5) is 0 Å². The number of benzene rings is 1. The van der Waals surface area contributed by atoms with Gasteiger partial charge in [0.25, 0.3) is 11.5 Å². The van der Waals surface area contributed by atoms with Crippen molar-refractivity contribution in [3.05, 3.63) is 61.5 Å². The number of thiophene rings is 1. The molecular formula is C19H18ClN3O2S. The molecule has 3 aromatic rings. The number of halogens is 1. The summed E-state index contributed by atoms with van der Waals surface area (Å²) < 4.78 is 1.29. The summed E-state index contributed by atoms with van der Waals surface area (Å²) >= 11 is 7.72. The van der Waals surface area contributed by atoms with Gasteiger partial charge in [0.05, 0.1) is 16.0 Å². The van der Waals surface area contributed by atoms with Gasteiger partial charge < -0.3 is 0 Å². The van der Waals surface area contributed by atoms with E-state index in [-0.39, 0.29) is 5.56 Å². The maximum absolute atomic E-state index is 13.2. The monoisotopic (exact) mass is 387 g/mol. The highest BCUT2D eigenvalue weighted by Gasteiger charge is 2.22. The summed E-state index contributed by atoms with van der Waals surface area (Å²) in [5.41, 5.74) is 3.93. The molecule has 1 aliphatic carbocycles. The van der Waals surface area contributed by atoms with E-state index in [0.29, 0.717) is 28.2 Å². The standard InChI is InChI=1S/C19H18ClN3O2S/c1-2-15-21-18-16(12-8-4-6-10-14(12)26-18)19(25)23(15)22-17(24)11-7-3-5-9-13(11)20/h3,5,7,9H,2,4,6,8,10H2,1H3,(H,22,24). The Labute approximate surface area is 159 Å². The normalized spacial score (nSPS) is 13.6. The average Bonchev–Trinajstić information content (AvgIpc) is 3.02. The zero-order valence-electron chi connectivity index (χ0n) is 14.3. The van der Waals surface area contributed by atoms with Crippen LogP contribution in [0.1, 0.15) is 46.4 Å². The summed E-state index contributed by atoms with van der Waals surface area (Å²) in [7, 11) is 0. The number of aryl methyl sites for hydroxylation is 3. The van der Waals surface area contributed by atoms with Crippen molar-refractivity contribution in [2.45, 2.75) is 39.0 Å². The number of carbonyl (C=O) groups excluding carboxylic acids is 1. The molecule has 0 fully saturated rings. The van der Waals surface area contributed by atoms with Gasteiger partial charge in [-0.1, -0.05) is 30.7 Å². The molecule has 5 nitrogen and oxygen atoms in total. The highest BCUT2D eigenvalue weighted by molar-refractivity contribution is 7.18. The number of nitrogens with zero attached hydrogens (tertiary/aromatic N) is 2. The van der Waals surface area contributed by atoms with Gasteiger partial charge in [0.2, 0.25) is 0 Å². The second kappa shape index (κ2) is 6.85. The summed E-state index contributed by atoms with van der Waals surface area (Å²) in [6.07, 6.45) is 4.67. The van der Waals surface area contributed by atoms with E-state index in [2.05, 4.69) is 10.4 Å². The Balaban J connectivity index is 1.84. The molecule has 0 spiro atoms. The fourth-order valence-corrected chi connectivity index (χ4v) is 4.90. The molecule has 0 atom stereocenters. The summed E-state index contributed by atoms with van der Waals surface area (Å²) in [5, 5.41) is 0.999. The van der Waals surface area contributed by atoms with Crippen LogP contribution in [0.15, 0.2) is 29.1 Å². The Morgan fingerprint density at radius 3 is 2.85 bits per heavy atom. The molecule has 1 amide bonds.